The van der Waals surface area contributed by atoms with Crippen LogP contribution in [0.1, 0.15) is 50.1 Å². The van der Waals surface area contributed by atoms with E-state index in [2.05, 4.69) is 41.6 Å². The van der Waals surface area contributed by atoms with Gasteiger partial charge in [0.15, 0.2) is 0 Å². The number of amides is 1. The molecule has 1 aliphatic carbocycles. The lowest BCUT2D eigenvalue weighted by atomic mass is 9.96. The van der Waals surface area contributed by atoms with E-state index >= 15 is 0 Å². The number of carbonyl (C=O) groups is 1. The smallest absolute Gasteiger partial charge is 0.226 e. The standard InChI is InChI=1S/C19H25N3OS/c1-15-7-9-17(10-8-15)24-14-12-19(23)21-18-11-13-20-22(18)16-5-3-2-4-6-16/h7-11,13,16H,2-6,12,14H2,1H3,(H,21,23). The molecule has 1 saturated carbocycles. The first-order chi connectivity index (χ1) is 11.7. The van der Waals surface area contributed by atoms with E-state index in [1.54, 1.807) is 18.0 Å². The van der Waals surface area contributed by atoms with Crippen LogP contribution in [0.25, 0.3) is 0 Å². The summed E-state index contributed by atoms with van der Waals surface area (Å²) in [5.74, 6) is 1.69. The fourth-order valence-electron chi connectivity index (χ4n) is 3.13. The van der Waals surface area contributed by atoms with Crippen LogP contribution >= 0.6 is 11.8 Å². The highest BCUT2D eigenvalue weighted by Crippen LogP contribution is 2.30. The maximum absolute atomic E-state index is 12.2. The summed E-state index contributed by atoms with van der Waals surface area (Å²) in [6.07, 6.45) is 8.44. The highest BCUT2D eigenvalue weighted by Gasteiger charge is 2.19. The van der Waals surface area contributed by atoms with Crippen molar-refractivity contribution in [3.05, 3.63) is 42.1 Å². The third kappa shape index (κ3) is 4.63. The Hall–Kier alpha value is -1.75. The SMILES string of the molecule is Cc1ccc(SCCC(=O)Nc2ccnn2C2CCCCC2)cc1. The lowest BCUT2D eigenvalue weighted by molar-refractivity contribution is -0.115. The van der Waals surface area contributed by atoms with Crippen molar-refractivity contribution in [1.29, 1.82) is 0 Å². The lowest BCUT2D eigenvalue weighted by Crippen LogP contribution is -2.20. The first-order valence-electron chi connectivity index (χ1n) is 8.75. The molecule has 0 unspecified atom stereocenters. The monoisotopic (exact) mass is 343 g/mol. The number of nitrogens with zero attached hydrogens (tertiary/aromatic N) is 2. The Kier molecular flexibility index (Phi) is 5.96. The molecule has 0 radical (unpaired) electrons. The molecule has 1 heterocycles. The molecule has 0 spiro atoms. The second-order valence-electron chi connectivity index (χ2n) is 6.41. The van der Waals surface area contributed by atoms with E-state index in [9.17, 15) is 4.79 Å². The maximum atomic E-state index is 12.2. The molecule has 0 bridgehead atoms. The molecule has 24 heavy (non-hydrogen) atoms. The number of carbonyl (C=O) groups excluding carboxylic acids is 1. The van der Waals surface area contributed by atoms with Gasteiger partial charge in [-0.05, 0) is 31.9 Å². The average Bonchev–Trinajstić information content (AvgIpc) is 3.05. The fraction of sp³-hybridized carbons (Fsp3) is 0.474. The van der Waals surface area contributed by atoms with Gasteiger partial charge in [-0.3, -0.25) is 4.79 Å². The van der Waals surface area contributed by atoms with Gasteiger partial charge in [-0.25, -0.2) is 4.68 Å². The number of anilines is 1. The predicted octanol–water partition coefficient (Wildman–Crippen LogP) is 4.82. The van der Waals surface area contributed by atoms with Gasteiger partial charge in [-0.2, -0.15) is 5.10 Å². The number of hydrogen-bond donors (Lipinski definition) is 1. The molecule has 0 atom stereocenters. The summed E-state index contributed by atoms with van der Waals surface area (Å²) in [5, 5.41) is 7.46. The first kappa shape index (κ1) is 17.1. The number of aromatic nitrogens is 2. The number of nitrogens with one attached hydrogen (secondary N) is 1. The van der Waals surface area contributed by atoms with Gasteiger partial charge in [0.2, 0.25) is 5.91 Å². The van der Waals surface area contributed by atoms with Crippen molar-refractivity contribution in [3.8, 4) is 0 Å². The molecule has 1 N–H and O–H groups in total. The summed E-state index contributed by atoms with van der Waals surface area (Å²) in [6, 6.07) is 10.8. The van der Waals surface area contributed by atoms with Gasteiger partial charge < -0.3 is 5.32 Å². The van der Waals surface area contributed by atoms with Crippen LogP contribution in [0.3, 0.4) is 0 Å². The largest absolute Gasteiger partial charge is 0.311 e. The van der Waals surface area contributed by atoms with Crippen molar-refractivity contribution in [2.45, 2.75) is 56.4 Å². The van der Waals surface area contributed by atoms with E-state index in [-0.39, 0.29) is 5.91 Å². The third-order valence-corrected chi connectivity index (χ3v) is 5.49. The van der Waals surface area contributed by atoms with Crippen LogP contribution in [-0.2, 0) is 4.79 Å². The number of aryl methyl sites for hydroxylation is 1. The predicted molar refractivity (Wildman–Crippen MR) is 99.5 cm³/mol. The minimum atomic E-state index is 0.0622. The van der Waals surface area contributed by atoms with Gasteiger partial charge in [0.05, 0.1) is 12.2 Å². The molecule has 0 saturated heterocycles. The van der Waals surface area contributed by atoms with Crippen LogP contribution in [0, 0.1) is 6.92 Å². The van der Waals surface area contributed by atoms with Crippen LogP contribution in [0.15, 0.2) is 41.4 Å². The molecule has 4 nitrogen and oxygen atoms in total. The molecule has 0 aliphatic heterocycles. The van der Waals surface area contributed by atoms with Crippen molar-refractivity contribution < 1.29 is 4.79 Å². The van der Waals surface area contributed by atoms with Crippen LogP contribution in [0.2, 0.25) is 0 Å². The summed E-state index contributed by atoms with van der Waals surface area (Å²) >= 11 is 1.72. The fourth-order valence-corrected chi connectivity index (χ4v) is 3.98. The number of hydrogen-bond acceptors (Lipinski definition) is 3. The topological polar surface area (TPSA) is 46.9 Å². The molecule has 2 aromatic rings. The summed E-state index contributed by atoms with van der Waals surface area (Å²) in [5.41, 5.74) is 1.26. The Bertz CT molecular complexity index is 660. The number of rotatable bonds is 6. The molecule has 5 heteroatoms. The van der Waals surface area contributed by atoms with Crippen molar-refractivity contribution >= 4 is 23.5 Å². The second kappa shape index (κ2) is 8.38. The average molecular weight is 343 g/mol. The van der Waals surface area contributed by atoms with Crippen molar-refractivity contribution in [2.24, 2.45) is 0 Å². The van der Waals surface area contributed by atoms with Gasteiger partial charge in [0, 0.05) is 23.1 Å². The molecule has 1 aliphatic rings. The van der Waals surface area contributed by atoms with E-state index in [0.717, 1.165) is 24.4 Å². The van der Waals surface area contributed by atoms with Crippen LogP contribution in [0.4, 0.5) is 5.82 Å². The molecular weight excluding hydrogens is 318 g/mol. The highest BCUT2D eigenvalue weighted by molar-refractivity contribution is 7.99. The Labute approximate surface area is 148 Å². The highest BCUT2D eigenvalue weighted by atomic mass is 32.2. The molecule has 1 amide bonds. The van der Waals surface area contributed by atoms with Gasteiger partial charge >= 0.3 is 0 Å². The number of thioether (sulfide) groups is 1. The Morgan fingerprint density at radius 3 is 2.71 bits per heavy atom. The summed E-state index contributed by atoms with van der Waals surface area (Å²) in [4.78, 5) is 13.4. The molecule has 3 rings (SSSR count). The summed E-state index contributed by atoms with van der Waals surface area (Å²) in [7, 11) is 0. The molecule has 1 fully saturated rings. The van der Waals surface area contributed by atoms with E-state index in [1.807, 2.05) is 10.7 Å². The van der Waals surface area contributed by atoms with Crippen molar-refractivity contribution in [1.82, 2.24) is 9.78 Å². The zero-order valence-corrected chi connectivity index (χ0v) is 15.0. The Balaban J connectivity index is 1.48. The van der Waals surface area contributed by atoms with Crippen LogP contribution < -0.4 is 5.32 Å². The van der Waals surface area contributed by atoms with E-state index in [1.165, 1.54) is 29.7 Å². The number of benzene rings is 1. The van der Waals surface area contributed by atoms with E-state index in [0.29, 0.717) is 12.5 Å². The van der Waals surface area contributed by atoms with Crippen LogP contribution in [-0.4, -0.2) is 21.4 Å². The van der Waals surface area contributed by atoms with Crippen molar-refractivity contribution in [3.63, 3.8) is 0 Å². The molecular formula is C19H25N3OS. The van der Waals surface area contributed by atoms with E-state index < -0.39 is 0 Å². The minimum Gasteiger partial charge on any atom is -0.311 e. The van der Waals surface area contributed by atoms with E-state index in [4.69, 9.17) is 0 Å². The normalized spacial score (nSPS) is 15.4. The molecule has 1 aromatic heterocycles. The maximum Gasteiger partial charge on any atom is 0.226 e. The zero-order chi connectivity index (χ0) is 16.8. The first-order valence-corrected chi connectivity index (χ1v) is 9.74. The minimum absolute atomic E-state index is 0.0622. The summed E-state index contributed by atoms with van der Waals surface area (Å²) < 4.78 is 2.00. The summed E-state index contributed by atoms with van der Waals surface area (Å²) in [6.45, 7) is 2.08. The van der Waals surface area contributed by atoms with Crippen molar-refractivity contribution in [2.75, 3.05) is 11.1 Å². The quantitative estimate of drug-likeness (QED) is 0.765. The second-order valence-corrected chi connectivity index (χ2v) is 7.58. The van der Waals surface area contributed by atoms with Crippen LogP contribution in [0.5, 0.6) is 0 Å². The lowest BCUT2D eigenvalue weighted by Gasteiger charge is -2.23. The third-order valence-electron chi connectivity index (χ3n) is 4.48. The molecule has 128 valence electrons. The Morgan fingerprint density at radius 1 is 1.21 bits per heavy atom. The van der Waals surface area contributed by atoms with Gasteiger partial charge in [-0.1, -0.05) is 37.0 Å². The Morgan fingerprint density at radius 2 is 1.96 bits per heavy atom. The molecule has 1 aromatic carbocycles. The van der Waals surface area contributed by atoms with Gasteiger partial charge in [0.25, 0.3) is 0 Å². The van der Waals surface area contributed by atoms with Gasteiger partial charge in [0.1, 0.15) is 5.82 Å². The van der Waals surface area contributed by atoms with Gasteiger partial charge in [-0.15, -0.1) is 11.8 Å². The zero-order valence-electron chi connectivity index (χ0n) is 14.2.